The van der Waals surface area contributed by atoms with E-state index in [2.05, 4.69) is 28.8 Å². The fourth-order valence-corrected chi connectivity index (χ4v) is 3.00. The average molecular weight is 311 g/mol. The van der Waals surface area contributed by atoms with Crippen molar-refractivity contribution in [2.75, 3.05) is 24.5 Å². The van der Waals surface area contributed by atoms with Gasteiger partial charge in [-0.1, -0.05) is 24.6 Å². The third-order valence-corrected chi connectivity index (χ3v) is 4.11. The van der Waals surface area contributed by atoms with Crippen LogP contribution in [-0.2, 0) is 6.54 Å². The van der Waals surface area contributed by atoms with Gasteiger partial charge in [0.1, 0.15) is 5.02 Å². The maximum atomic E-state index is 12.2. The molecule has 1 aliphatic heterocycles. The minimum absolute atomic E-state index is 0.251. The van der Waals surface area contributed by atoms with Crippen molar-refractivity contribution < 1.29 is 0 Å². The number of nitrogens with zero attached hydrogens (tertiary/aromatic N) is 3. The van der Waals surface area contributed by atoms with Gasteiger partial charge in [-0.15, -0.1) is 6.58 Å². The highest BCUT2D eigenvalue weighted by atomic mass is 35.5. The van der Waals surface area contributed by atoms with Gasteiger partial charge in [-0.3, -0.25) is 4.79 Å². The van der Waals surface area contributed by atoms with Gasteiger partial charge in [0, 0.05) is 19.1 Å². The van der Waals surface area contributed by atoms with Crippen LogP contribution in [0.4, 0.5) is 5.69 Å². The zero-order chi connectivity index (χ0) is 15.2. The Morgan fingerprint density at radius 3 is 3.10 bits per heavy atom. The fourth-order valence-electron chi connectivity index (χ4n) is 2.75. The number of hydrogen-bond donors (Lipinski definition) is 1. The van der Waals surface area contributed by atoms with Gasteiger partial charge in [0.15, 0.2) is 0 Å². The van der Waals surface area contributed by atoms with Crippen LogP contribution >= 0.6 is 11.6 Å². The van der Waals surface area contributed by atoms with E-state index in [1.165, 1.54) is 4.68 Å². The maximum absolute atomic E-state index is 12.2. The summed E-state index contributed by atoms with van der Waals surface area (Å²) in [6.45, 7) is 8.98. The predicted molar refractivity (Wildman–Crippen MR) is 87.2 cm³/mol. The third-order valence-electron chi connectivity index (χ3n) is 3.75. The number of halogens is 1. The molecule has 5 nitrogen and oxygen atoms in total. The first-order valence-corrected chi connectivity index (χ1v) is 7.90. The van der Waals surface area contributed by atoms with Crippen LogP contribution in [0.25, 0.3) is 0 Å². The van der Waals surface area contributed by atoms with Crippen LogP contribution in [0, 0.1) is 0 Å². The van der Waals surface area contributed by atoms with Gasteiger partial charge in [0.25, 0.3) is 5.56 Å². The number of allylic oxidation sites excluding steroid dienone is 1. The Balaban J connectivity index is 2.33. The number of nitrogens with one attached hydrogen (secondary N) is 1. The van der Waals surface area contributed by atoms with Crippen LogP contribution in [0.1, 0.15) is 26.2 Å². The molecule has 2 rings (SSSR count). The Hall–Kier alpha value is -1.33. The molecule has 1 aromatic rings. The zero-order valence-electron chi connectivity index (χ0n) is 12.5. The summed E-state index contributed by atoms with van der Waals surface area (Å²) in [6, 6.07) is 0.368. The lowest BCUT2D eigenvalue weighted by molar-refractivity contribution is 0.430. The minimum Gasteiger partial charge on any atom is -0.365 e. The van der Waals surface area contributed by atoms with Crippen molar-refractivity contribution in [3.8, 4) is 0 Å². The molecule has 1 N–H and O–H groups in total. The molecule has 21 heavy (non-hydrogen) atoms. The molecule has 1 fully saturated rings. The van der Waals surface area contributed by atoms with Crippen LogP contribution in [0.15, 0.2) is 23.6 Å². The third kappa shape index (κ3) is 3.66. The Kier molecular flexibility index (Phi) is 5.82. The molecule has 0 aromatic carbocycles. The molecule has 1 aromatic heterocycles. The van der Waals surface area contributed by atoms with E-state index >= 15 is 0 Å². The van der Waals surface area contributed by atoms with Gasteiger partial charge < -0.3 is 10.2 Å². The number of rotatable bonds is 6. The maximum Gasteiger partial charge on any atom is 0.287 e. The second-order valence-electron chi connectivity index (χ2n) is 5.31. The summed E-state index contributed by atoms with van der Waals surface area (Å²) in [5.41, 5.74) is 0.497. The summed E-state index contributed by atoms with van der Waals surface area (Å²) in [6.07, 6.45) is 6.60. The van der Waals surface area contributed by atoms with Gasteiger partial charge in [0.2, 0.25) is 0 Å². The lowest BCUT2D eigenvalue weighted by Gasteiger charge is -2.36. The van der Waals surface area contributed by atoms with Gasteiger partial charge in [-0.25, -0.2) is 4.68 Å². The molecule has 0 spiro atoms. The smallest absolute Gasteiger partial charge is 0.287 e. The van der Waals surface area contributed by atoms with Crippen molar-refractivity contribution in [2.45, 2.75) is 38.8 Å². The molecule has 0 aliphatic carbocycles. The molecule has 1 atom stereocenters. The van der Waals surface area contributed by atoms with Crippen molar-refractivity contribution in [3.05, 3.63) is 34.2 Å². The van der Waals surface area contributed by atoms with E-state index in [4.69, 9.17) is 11.6 Å². The van der Waals surface area contributed by atoms with Gasteiger partial charge >= 0.3 is 0 Å². The molecule has 0 radical (unpaired) electrons. The van der Waals surface area contributed by atoms with Crippen LogP contribution in [0.5, 0.6) is 0 Å². The van der Waals surface area contributed by atoms with Crippen LogP contribution in [0.2, 0.25) is 5.02 Å². The highest BCUT2D eigenvalue weighted by Crippen LogP contribution is 2.25. The first-order valence-electron chi connectivity index (χ1n) is 7.53. The first kappa shape index (κ1) is 16.0. The van der Waals surface area contributed by atoms with Crippen LogP contribution in [0.3, 0.4) is 0 Å². The van der Waals surface area contributed by atoms with Crippen molar-refractivity contribution in [2.24, 2.45) is 0 Å². The van der Waals surface area contributed by atoms with E-state index in [1.807, 2.05) is 0 Å². The zero-order valence-corrected chi connectivity index (χ0v) is 13.3. The molecule has 1 saturated heterocycles. The summed E-state index contributed by atoms with van der Waals surface area (Å²) >= 11 is 6.31. The molecule has 1 unspecified atom stereocenters. The minimum atomic E-state index is -0.251. The normalized spacial score (nSPS) is 18.5. The Morgan fingerprint density at radius 1 is 1.67 bits per heavy atom. The standard InChI is InChI=1S/C15H23ClN4O/c1-3-8-19(12-6-5-7-17-10-12)13-11-18-20(9-4-2)15(21)14(13)16/h4,11-12,17H,2-3,5-10H2,1H3. The summed E-state index contributed by atoms with van der Waals surface area (Å²) in [4.78, 5) is 14.5. The van der Waals surface area contributed by atoms with E-state index in [1.54, 1.807) is 12.3 Å². The van der Waals surface area contributed by atoms with Gasteiger partial charge in [0.05, 0.1) is 18.4 Å². The number of aromatic nitrogens is 2. The first-order chi connectivity index (χ1) is 10.2. The lowest BCUT2D eigenvalue weighted by Crippen LogP contribution is -2.47. The Bertz CT molecular complexity index is 537. The average Bonchev–Trinajstić information content (AvgIpc) is 2.51. The monoisotopic (exact) mass is 310 g/mol. The van der Waals surface area contributed by atoms with Gasteiger partial charge in [-0.2, -0.15) is 5.10 Å². The lowest BCUT2D eigenvalue weighted by atomic mass is 10.1. The number of piperidine rings is 1. The summed E-state index contributed by atoms with van der Waals surface area (Å²) in [5.74, 6) is 0. The van der Waals surface area contributed by atoms with Crippen molar-refractivity contribution in [3.63, 3.8) is 0 Å². The van der Waals surface area contributed by atoms with E-state index in [0.29, 0.717) is 12.6 Å². The molecule has 0 amide bonds. The molecule has 116 valence electrons. The van der Waals surface area contributed by atoms with E-state index < -0.39 is 0 Å². The predicted octanol–water partition coefficient (Wildman–Crippen LogP) is 2.05. The van der Waals surface area contributed by atoms with Crippen molar-refractivity contribution in [1.29, 1.82) is 0 Å². The fraction of sp³-hybridized carbons (Fsp3) is 0.600. The summed E-state index contributed by atoms with van der Waals surface area (Å²) in [7, 11) is 0. The van der Waals surface area contributed by atoms with E-state index in [-0.39, 0.29) is 10.6 Å². The Labute approximate surface area is 130 Å². The molecular formula is C15H23ClN4O. The Morgan fingerprint density at radius 2 is 2.48 bits per heavy atom. The van der Waals surface area contributed by atoms with Crippen molar-refractivity contribution in [1.82, 2.24) is 15.1 Å². The topological polar surface area (TPSA) is 50.2 Å². The number of hydrogen-bond acceptors (Lipinski definition) is 4. The van der Waals surface area contributed by atoms with Crippen molar-refractivity contribution >= 4 is 17.3 Å². The van der Waals surface area contributed by atoms with E-state index in [9.17, 15) is 4.79 Å². The molecule has 0 bridgehead atoms. The molecular weight excluding hydrogens is 288 g/mol. The summed E-state index contributed by atoms with van der Waals surface area (Å²) in [5, 5.41) is 7.88. The highest BCUT2D eigenvalue weighted by molar-refractivity contribution is 6.33. The highest BCUT2D eigenvalue weighted by Gasteiger charge is 2.24. The molecule has 1 aliphatic rings. The molecule has 2 heterocycles. The molecule has 6 heteroatoms. The number of anilines is 1. The molecule has 0 saturated carbocycles. The van der Waals surface area contributed by atoms with Gasteiger partial charge in [-0.05, 0) is 25.8 Å². The van der Waals surface area contributed by atoms with Crippen LogP contribution in [-0.4, -0.2) is 35.5 Å². The van der Waals surface area contributed by atoms with Crippen LogP contribution < -0.4 is 15.8 Å². The largest absolute Gasteiger partial charge is 0.365 e. The summed E-state index contributed by atoms with van der Waals surface area (Å²) < 4.78 is 1.34. The second kappa shape index (κ2) is 7.61. The quantitative estimate of drug-likeness (QED) is 0.817. The SMILES string of the molecule is C=CCn1ncc(N(CCC)C2CCCNC2)c(Cl)c1=O. The second-order valence-corrected chi connectivity index (χ2v) is 5.69. The van der Waals surface area contributed by atoms with E-state index in [0.717, 1.165) is 44.6 Å².